The van der Waals surface area contributed by atoms with Crippen LogP contribution in [0.5, 0.6) is 0 Å². The maximum atomic E-state index is 13.4. The number of nitrogens with zero attached hydrogens (tertiary/aromatic N) is 9. The van der Waals surface area contributed by atoms with Gasteiger partial charge in [0.25, 0.3) is 47.8 Å². The van der Waals surface area contributed by atoms with Gasteiger partial charge < -0.3 is 46.1 Å². The smallest absolute Gasteiger partial charge is 0.281 e. The molecule has 6 fully saturated rings. The van der Waals surface area contributed by atoms with Crippen LogP contribution in [0, 0.1) is 35.5 Å². The minimum atomic E-state index is -4.22. The average Bonchev–Trinajstić information content (AvgIpc) is 1.62. The van der Waals surface area contributed by atoms with Crippen molar-refractivity contribution in [3.63, 3.8) is 0 Å². The highest BCUT2D eigenvalue weighted by Gasteiger charge is 2.50. The molecule has 3 atom stereocenters. The lowest BCUT2D eigenvalue weighted by Gasteiger charge is -2.42. The number of carbonyl (C=O) groups excluding carboxylic acids is 3. The van der Waals surface area contributed by atoms with E-state index >= 15 is 0 Å². The summed E-state index contributed by atoms with van der Waals surface area (Å²) in [4.78, 5) is 73.2. The normalized spacial score (nSPS) is 20.9. The van der Waals surface area contributed by atoms with Crippen molar-refractivity contribution >= 4 is 82.7 Å². The van der Waals surface area contributed by atoms with Crippen LogP contribution in [-0.2, 0) is 60.5 Å². The van der Waals surface area contributed by atoms with E-state index in [0.717, 1.165) is 134 Å². The molecule has 0 bridgehead atoms. The van der Waals surface area contributed by atoms with Crippen LogP contribution in [0.3, 0.4) is 0 Å². The van der Waals surface area contributed by atoms with Crippen molar-refractivity contribution in [2.75, 3.05) is 91.2 Å². The van der Waals surface area contributed by atoms with E-state index < -0.39 is 47.8 Å². The molecular weight excluding hydrogens is 1440 g/mol. The van der Waals surface area contributed by atoms with Crippen molar-refractivity contribution in [3.8, 4) is 0 Å². The summed E-state index contributed by atoms with van der Waals surface area (Å²) in [6.45, 7) is 38.6. The molecule has 0 aromatic carbocycles. The first-order valence-electron chi connectivity index (χ1n) is 37.4. The topological polar surface area (TPSA) is 383 Å². The van der Waals surface area contributed by atoms with Crippen LogP contribution in [0.1, 0.15) is 210 Å². The molecule has 0 saturated carbocycles. The molecule has 3 unspecified atom stereocenters. The lowest BCUT2D eigenvalue weighted by molar-refractivity contribution is 0.0380. The number of amides is 3. The number of aromatic nitrogens is 6. The zero-order valence-corrected chi connectivity index (χ0v) is 67.7. The molecule has 108 heavy (non-hydrogen) atoms. The molecule has 6 aromatic heterocycles. The van der Waals surface area contributed by atoms with E-state index in [-0.39, 0.29) is 82.1 Å². The van der Waals surface area contributed by atoms with Crippen LogP contribution in [0.15, 0.2) is 106 Å². The summed E-state index contributed by atoms with van der Waals surface area (Å²) in [6.07, 6.45) is 9.08. The van der Waals surface area contributed by atoms with E-state index in [1.807, 2.05) is 0 Å². The average molecular weight is 1550 g/mol. The van der Waals surface area contributed by atoms with Crippen LogP contribution >= 0.6 is 0 Å². The highest BCUT2D eigenvalue weighted by molar-refractivity contribution is 7.90. The molecule has 3 amide bonds. The molecule has 6 aromatic rings. The predicted octanol–water partition coefficient (Wildman–Crippen LogP) is 10.5. The molecule has 0 aliphatic carbocycles. The summed E-state index contributed by atoms with van der Waals surface area (Å²) in [5.41, 5.74) is 18.6. The Balaban J connectivity index is 0.000000173. The monoisotopic (exact) mass is 1550 g/mol. The first-order valence-corrected chi connectivity index (χ1v) is 41.9. The quantitative estimate of drug-likeness (QED) is 0.0556. The van der Waals surface area contributed by atoms with Crippen molar-refractivity contribution in [2.45, 2.75) is 210 Å². The van der Waals surface area contributed by atoms with Crippen molar-refractivity contribution < 1.29 is 53.8 Å². The number of rotatable bonds is 15. The molecular formula is C78H111N15O12S3. The number of carbonyl (C=O) groups is 3. The fourth-order valence-corrected chi connectivity index (χ4v) is 19.3. The molecule has 12 rings (SSSR count). The second-order valence-electron chi connectivity index (χ2n) is 33.9. The van der Waals surface area contributed by atoms with Gasteiger partial charge in [-0.05, 0) is 208 Å². The number of nitrogens with one attached hydrogen (secondary N) is 3. The third-order valence-corrected chi connectivity index (χ3v) is 26.2. The van der Waals surface area contributed by atoms with Gasteiger partial charge in [0, 0.05) is 109 Å². The zero-order chi connectivity index (χ0) is 78.9. The molecule has 6 saturated heterocycles. The highest BCUT2D eigenvalue weighted by atomic mass is 32.2. The van der Waals surface area contributed by atoms with E-state index in [9.17, 15) is 39.6 Å². The minimum Gasteiger partial charge on any atom is -0.384 e. The Morgan fingerprint density at radius 1 is 0.370 bits per heavy atom. The van der Waals surface area contributed by atoms with E-state index in [0.29, 0.717) is 53.0 Å². The van der Waals surface area contributed by atoms with E-state index in [4.69, 9.17) is 46.4 Å². The van der Waals surface area contributed by atoms with Gasteiger partial charge >= 0.3 is 0 Å². The Morgan fingerprint density at radius 3 is 0.815 bits per heavy atom. The van der Waals surface area contributed by atoms with Gasteiger partial charge in [0.2, 0.25) is 0 Å². The van der Waals surface area contributed by atoms with Gasteiger partial charge in [0.1, 0.15) is 34.9 Å². The summed E-state index contributed by atoms with van der Waals surface area (Å²) in [5.74, 6) is 2.33. The van der Waals surface area contributed by atoms with Crippen LogP contribution in [0.4, 0.5) is 34.9 Å². The number of hydrogen-bond donors (Lipinski definition) is 6. The Bertz CT molecular complexity index is 4160. The van der Waals surface area contributed by atoms with Crippen LogP contribution < -0.4 is 46.1 Å². The zero-order valence-electron chi connectivity index (χ0n) is 65.2. The number of pyridine rings is 6. The molecule has 12 heterocycles. The molecule has 588 valence electrons. The van der Waals surface area contributed by atoms with Gasteiger partial charge in [0.15, 0.2) is 15.1 Å². The van der Waals surface area contributed by atoms with Crippen molar-refractivity contribution in [2.24, 2.45) is 35.5 Å². The first kappa shape index (κ1) is 82.3. The molecule has 9 N–H and O–H groups in total. The van der Waals surface area contributed by atoms with Crippen molar-refractivity contribution in [1.82, 2.24) is 44.1 Å². The van der Waals surface area contributed by atoms with Gasteiger partial charge in [-0.2, -0.15) is 25.3 Å². The van der Waals surface area contributed by atoms with E-state index in [1.165, 1.54) is 54.6 Å². The third-order valence-electron chi connectivity index (χ3n) is 22.5. The predicted molar refractivity (Wildman–Crippen MR) is 418 cm³/mol. The van der Waals surface area contributed by atoms with Crippen LogP contribution in [0.25, 0.3) is 0 Å². The van der Waals surface area contributed by atoms with Gasteiger partial charge in [0.05, 0.1) is 16.7 Å². The summed E-state index contributed by atoms with van der Waals surface area (Å²) >= 11 is 0. The fourth-order valence-electron chi connectivity index (χ4n) is 16.4. The van der Waals surface area contributed by atoms with Gasteiger partial charge in [-0.1, -0.05) is 80.5 Å². The number of nitrogens with two attached hydrogens (primary N) is 3. The first-order chi connectivity index (χ1) is 50.4. The largest absolute Gasteiger partial charge is 0.384 e. The molecule has 27 nitrogen and oxygen atoms in total. The number of anilines is 6. The Kier molecular flexibility index (Phi) is 24.4. The Morgan fingerprint density at radius 2 is 0.602 bits per heavy atom. The summed E-state index contributed by atoms with van der Waals surface area (Å²) in [6, 6.07) is 23.2. The van der Waals surface area contributed by atoms with E-state index in [2.05, 4.69) is 148 Å². The molecule has 6 aliphatic heterocycles. The van der Waals surface area contributed by atoms with Gasteiger partial charge in [-0.25, -0.2) is 44.1 Å². The fraction of sp³-hybridized carbons (Fsp3) is 0.577. The highest BCUT2D eigenvalue weighted by Crippen LogP contribution is 2.49. The molecule has 30 heteroatoms. The maximum Gasteiger partial charge on any atom is 0.281 e. The number of nitrogen functional groups attached to an aromatic ring is 3. The third kappa shape index (κ3) is 18.5. The number of ether oxygens (including phenoxy) is 3. The Hall–Kier alpha value is -8.16. The number of hydrogen-bond acceptors (Lipinski definition) is 24. The van der Waals surface area contributed by atoms with Gasteiger partial charge in [-0.3, -0.25) is 14.4 Å². The van der Waals surface area contributed by atoms with Crippen LogP contribution in [-0.4, -0.2) is 149 Å². The lowest BCUT2D eigenvalue weighted by atomic mass is 9.75. The second kappa shape index (κ2) is 32.0. The standard InChI is InChI=1S/3C26H37N5O4S/c3*1-25(2,3)20-10-9-18(24(32)30-36(33,34)22-8-6-7-21(27)29-22)23(28-20)31-14-11-19(26(31,4)5)17-12-15-35-16-13-17/h3*6-10,17,19H,11-16H2,1-5H3,(H2,27,29)(H,30,32). The second-order valence-corrected chi connectivity index (χ2v) is 38.8. The van der Waals surface area contributed by atoms with Crippen molar-refractivity contribution in [1.29, 1.82) is 0 Å². The van der Waals surface area contributed by atoms with Gasteiger partial charge in [-0.15, -0.1) is 0 Å². The summed E-state index contributed by atoms with van der Waals surface area (Å²) < 4.78 is 101. The van der Waals surface area contributed by atoms with Crippen molar-refractivity contribution in [3.05, 3.63) is 125 Å². The minimum absolute atomic E-state index is 0.0557. The molecule has 0 radical (unpaired) electrons. The summed E-state index contributed by atoms with van der Waals surface area (Å²) in [7, 11) is -12.6. The summed E-state index contributed by atoms with van der Waals surface area (Å²) in [5, 5.41) is -0.923. The number of sulfonamides is 3. The maximum absolute atomic E-state index is 13.4. The van der Waals surface area contributed by atoms with Crippen LogP contribution in [0.2, 0.25) is 0 Å². The molecule has 6 aliphatic rings. The Labute approximate surface area is 638 Å². The lowest BCUT2D eigenvalue weighted by Crippen LogP contribution is -2.47. The SMILES string of the molecule is CC(C)(C)c1ccc(C(=O)NS(=O)(=O)c2cccc(N)n2)c(N2CCC(C3CCOCC3)C2(C)C)n1.CC(C)(C)c1ccc(C(=O)NS(=O)(=O)c2cccc(N)n2)c(N2CCC(C3CCOCC3)C2(C)C)n1.CC(C)(C)c1ccc(C(=O)NS(=O)(=O)c2cccc(N)n2)c(N2CCC(C3CCOCC3)C2(C)C)n1. The van der Waals surface area contributed by atoms with E-state index in [1.54, 1.807) is 36.4 Å². The molecule has 0 spiro atoms.